The van der Waals surface area contributed by atoms with Gasteiger partial charge in [0, 0.05) is 32.0 Å². The number of guanidine groups is 1. The second kappa shape index (κ2) is 10.3. The molecule has 0 unspecified atom stereocenters. The largest absolute Gasteiger partial charge is 0.496 e. The maximum absolute atomic E-state index is 5.43. The molecule has 0 amide bonds. The highest BCUT2D eigenvalue weighted by atomic mass is 16.5. The summed E-state index contributed by atoms with van der Waals surface area (Å²) in [4.78, 5) is 8.81. The molecular weight excluding hydrogens is 312 g/mol. The van der Waals surface area contributed by atoms with Crippen LogP contribution in [0.2, 0.25) is 0 Å². The smallest absolute Gasteiger partial charge is 0.191 e. The predicted molar refractivity (Wildman–Crippen MR) is 103 cm³/mol. The molecule has 2 N–H and O–H groups in total. The molecule has 5 heteroatoms. The molecule has 0 aliphatic rings. The van der Waals surface area contributed by atoms with Gasteiger partial charge in [-0.05, 0) is 49.9 Å². The molecule has 5 nitrogen and oxygen atoms in total. The van der Waals surface area contributed by atoms with E-state index >= 15 is 0 Å². The summed E-state index contributed by atoms with van der Waals surface area (Å²) in [6.45, 7) is 6.54. The van der Waals surface area contributed by atoms with E-state index in [9.17, 15) is 0 Å². The van der Waals surface area contributed by atoms with Gasteiger partial charge in [0.2, 0.25) is 0 Å². The summed E-state index contributed by atoms with van der Waals surface area (Å²) in [5.74, 6) is 1.77. The molecule has 0 spiro atoms. The maximum atomic E-state index is 5.43. The van der Waals surface area contributed by atoms with E-state index in [-0.39, 0.29) is 0 Å². The van der Waals surface area contributed by atoms with Crippen LogP contribution in [0.4, 0.5) is 0 Å². The van der Waals surface area contributed by atoms with E-state index in [1.54, 1.807) is 13.3 Å². The zero-order chi connectivity index (χ0) is 17.9. The monoisotopic (exact) mass is 340 g/mol. The molecule has 0 fully saturated rings. The lowest BCUT2D eigenvalue weighted by Gasteiger charge is -2.12. The van der Waals surface area contributed by atoms with Crippen molar-refractivity contribution < 1.29 is 4.74 Å². The van der Waals surface area contributed by atoms with E-state index < -0.39 is 0 Å². The Morgan fingerprint density at radius 3 is 2.80 bits per heavy atom. The summed E-state index contributed by atoms with van der Waals surface area (Å²) in [5.41, 5.74) is 3.65. The molecule has 0 bridgehead atoms. The van der Waals surface area contributed by atoms with Crippen molar-refractivity contribution in [3.63, 3.8) is 0 Å². The topological polar surface area (TPSA) is 58.5 Å². The normalized spacial score (nSPS) is 11.2. The van der Waals surface area contributed by atoms with Crippen LogP contribution in [0.5, 0.6) is 5.75 Å². The number of aliphatic imine (C=N–C) groups is 1. The fourth-order valence-electron chi connectivity index (χ4n) is 2.60. The number of methoxy groups -OCH3 is 1. The van der Waals surface area contributed by atoms with Crippen molar-refractivity contribution in [1.29, 1.82) is 0 Å². The molecule has 1 aromatic carbocycles. The van der Waals surface area contributed by atoms with Gasteiger partial charge in [-0.15, -0.1) is 0 Å². The van der Waals surface area contributed by atoms with Crippen LogP contribution in [0.3, 0.4) is 0 Å². The van der Waals surface area contributed by atoms with Gasteiger partial charge in [-0.2, -0.15) is 0 Å². The number of aryl methyl sites for hydroxylation is 1. The number of hydrogen-bond donors (Lipinski definition) is 2. The van der Waals surface area contributed by atoms with Crippen LogP contribution in [0, 0.1) is 6.92 Å². The third kappa shape index (κ3) is 6.45. The van der Waals surface area contributed by atoms with Crippen LogP contribution in [0.1, 0.15) is 23.6 Å². The molecule has 0 aliphatic carbocycles. The lowest BCUT2D eigenvalue weighted by Crippen LogP contribution is -2.38. The summed E-state index contributed by atoms with van der Waals surface area (Å²) < 4.78 is 5.43. The van der Waals surface area contributed by atoms with Crippen LogP contribution in [0.15, 0.2) is 47.7 Å². The quantitative estimate of drug-likeness (QED) is 0.573. The van der Waals surface area contributed by atoms with Gasteiger partial charge in [0.1, 0.15) is 5.75 Å². The Kier molecular flexibility index (Phi) is 7.76. The molecule has 25 heavy (non-hydrogen) atoms. The first-order valence-corrected chi connectivity index (χ1v) is 8.77. The molecule has 1 heterocycles. The Bertz CT molecular complexity index is 671. The van der Waals surface area contributed by atoms with E-state index in [1.807, 2.05) is 18.3 Å². The molecule has 0 saturated heterocycles. The third-order valence-corrected chi connectivity index (χ3v) is 3.86. The van der Waals surface area contributed by atoms with Crippen molar-refractivity contribution in [2.75, 3.05) is 26.7 Å². The van der Waals surface area contributed by atoms with Gasteiger partial charge in [-0.25, -0.2) is 0 Å². The van der Waals surface area contributed by atoms with Gasteiger partial charge in [-0.3, -0.25) is 9.98 Å². The zero-order valence-electron chi connectivity index (χ0n) is 15.4. The van der Waals surface area contributed by atoms with E-state index in [2.05, 4.69) is 52.7 Å². The number of benzene rings is 1. The number of nitrogens with one attached hydrogen (secondary N) is 2. The molecular formula is C20H28N4O. The van der Waals surface area contributed by atoms with Crippen molar-refractivity contribution >= 4 is 5.96 Å². The van der Waals surface area contributed by atoms with E-state index in [0.29, 0.717) is 6.54 Å². The minimum atomic E-state index is 0.710. The summed E-state index contributed by atoms with van der Waals surface area (Å²) in [6, 6.07) is 10.3. The van der Waals surface area contributed by atoms with Crippen LogP contribution >= 0.6 is 0 Å². The highest BCUT2D eigenvalue weighted by Crippen LogP contribution is 2.20. The number of pyridine rings is 1. The third-order valence-electron chi connectivity index (χ3n) is 3.86. The van der Waals surface area contributed by atoms with Crippen molar-refractivity contribution in [3.8, 4) is 5.75 Å². The van der Waals surface area contributed by atoms with Gasteiger partial charge < -0.3 is 15.4 Å². The molecule has 0 saturated carbocycles. The summed E-state index contributed by atoms with van der Waals surface area (Å²) >= 11 is 0. The highest BCUT2D eigenvalue weighted by Gasteiger charge is 2.03. The summed E-state index contributed by atoms with van der Waals surface area (Å²) in [7, 11) is 1.71. The Hall–Kier alpha value is -2.56. The van der Waals surface area contributed by atoms with E-state index in [1.165, 1.54) is 16.7 Å². The molecule has 1 aromatic heterocycles. The maximum Gasteiger partial charge on any atom is 0.191 e. The molecule has 0 atom stereocenters. The Morgan fingerprint density at radius 2 is 2.08 bits per heavy atom. The van der Waals surface area contributed by atoms with Crippen molar-refractivity contribution in [3.05, 3.63) is 59.4 Å². The molecule has 0 radical (unpaired) electrons. The van der Waals surface area contributed by atoms with Crippen LogP contribution < -0.4 is 15.4 Å². The summed E-state index contributed by atoms with van der Waals surface area (Å²) in [6.07, 6.45) is 5.46. The average molecular weight is 340 g/mol. The van der Waals surface area contributed by atoms with Crippen LogP contribution in [-0.4, -0.2) is 37.7 Å². The lowest BCUT2D eigenvalue weighted by molar-refractivity contribution is 0.409. The summed E-state index contributed by atoms with van der Waals surface area (Å²) in [5, 5.41) is 6.66. The fraction of sp³-hybridized carbons (Fsp3) is 0.400. The predicted octanol–water partition coefficient (Wildman–Crippen LogP) is 2.74. The van der Waals surface area contributed by atoms with Gasteiger partial charge in [0.05, 0.1) is 7.11 Å². The Morgan fingerprint density at radius 1 is 1.20 bits per heavy atom. The van der Waals surface area contributed by atoms with Crippen molar-refractivity contribution in [1.82, 2.24) is 15.6 Å². The average Bonchev–Trinajstić information content (AvgIpc) is 2.63. The number of ether oxygens (including phenoxy) is 1. The first kappa shape index (κ1) is 18.8. The van der Waals surface area contributed by atoms with Gasteiger partial charge in [0.15, 0.2) is 5.96 Å². The first-order valence-electron chi connectivity index (χ1n) is 8.77. The number of aromatic nitrogens is 1. The van der Waals surface area contributed by atoms with E-state index in [0.717, 1.165) is 37.6 Å². The second-order valence-electron chi connectivity index (χ2n) is 5.86. The van der Waals surface area contributed by atoms with Crippen molar-refractivity contribution in [2.24, 2.45) is 4.99 Å². The zero-order valence-corrected chi connectivity index (χ0v) is 15.4. The SMILES string of the molecule is CCNC(=NCCc1cc(C)ccc1OC)NCCc1cccnc1. The second-order valence-corrected chi connectivity index (χ2v) is 5.86. The fourth-order valence-corrected chi connectivity index (χ4v) is 2.60. The van der Waals surface area contributed by atoms with Crippen LogP contribution in [0.25, 0.3) is 0 Å². The number of hydrogen-bond acceptors (Lipinski definition) is 3. The highest BCUT2D eigenvalue weighted by molar-refractivity contribution is 5.79. The van der Waals surface area contributed by atoms with Crippen LogP contribution in [-0.2, 0) is 12.8 Å². The Labute approximate surface area is 150 Å². The minimum Gasteiger partial charge on any atom is -0.496 e. The van der Waals surface area contributed by atoms with Gasteiger partial charge in [-0.1, -0.05) is 23.8 Å². The van der Waals surface area contributed by atoms with Gasteiger partial charge >= 0.3 is 0 Å². The van der Waals surface area contributed by atoms with Crippen molar-refractivity contribution in [2.45, 2.75) is 26.7 Å². The lowest BCUT2D eigenvalue weighted by atomic mass is 10.1. The molecule has 134 valence electrons. The Balaban J connectivity index is 1.87. The molecule has 2 rings (SSSR count). The number of rotatable bonds is 8. The standard InChI is InChI=1S/C20H28N4O/c1-4-22-20(23-12-9-17-6-5-11-21-15-17)24-13-10-18-14-16(2)7-8-19(18)25-3/h5-8,11,14-15H,4,9-10,12-13H2,1-3H3,(H2,22,23,24). The number of nitrogens with zero attached hydrogens (tertiary/aromatic N) is 2. The first-order chi connectivity index (χ1) is 12.2. The molecule has 0 aliphatic heterocycles. The van der Waals surface area contributed by atoms with Gasteiger partial charge in [0.25, 0.3) is 0 Å². The van der Waals surface area contributed by atoms with E-state index in [4.69, 9.17) is 4.74 Å². The minimum absolute atomic E-state index is 0.710. The molecule has 2 aromatic rings.